The molecule has 0 aromatic heterocycles. The van der Waals surface area contributed by atoms with E-state index in [0.717, 1.165) is 19.5 Å². The lowest BCUT2D eigenvalue weighted by molar-refractivity contribution is -0.122. The molecule has 1 unspecified atom stereocenters. The van der Waals surface area contributed by atoms with Gasteiger partial charge in [0.25, 0.3) is 0 Å². The minimum atomic E-state index is 0.122. The van der Waals surface area contributed by atoms with Crippen molar-refractivity contribution in [1.82, 2.24) is 8.85 Å². The average molecular weight is 386 g/mol. The van der Waals surface area contributed by atoms with Gasteiger partial charge in [-0.3, -0.25) is 8.32 Å². The first kappa shape index (κ1) is 14.6. The molecule has 1 saturated carbocycles. The van der Waals surface area contributed by atoms with E-state index in [1.54, 1.807) is 0 Å². The molecule has 3 nitrogen and oxygen atoms in total. The third-order valence-electron chi connectivity index (χ3n) is 5.52. The predicted molar refractivity (Wildman–Crippen MR) is 89.2 cm³/mol. The van der Waals surface area contributed by atoms with E-state index in [0.29, 0.717) is 23.7 Å². The van der Waals surface area contributed by atoms with Gasteiger partial charge in [-0.15, -0.1) is 0 Å². The highest BCUT2D eigenvalue weighted by Gasteiger charge is 2.49. The molecule has 0 aromatic rings. The fourth-order valence-corrected chi connectivity index (χ4v) is 4.80. The summed E-state index contributed by atoms with van der Waals surface area (Å²) in [6, 6.07) is 0. The van der Waals surface area contributed by atoms with Gasteiger partial charge in [-0.1, -0.05) is 23.8 Å². The summed E-state index contributed by atoms with van der Waals surface area (Å²) in [4.78, 5) is 12.1. The molecular formula is C16H23IN2O. The smallest absolute Gasteiger partial charge is 0.227 e. The summed E-state index contributed by atoms with van der Waals surface area (Å²) in [7, 11) is 0. The molecule has 0 spiro atoms. The first-order valence-electron chi connectivity index (χ1n) is 7.60. The summed E-state index contributed by atoms with van der Waals surface area (Å²) in [6.07, 6.45) is 5.99. The van der Waals surface area contributed by atoms with E-state index in [-0.39, 0.29) is 11.8 Å². The number of halogens is 1. The summed E-state index contributed by atoms with van der Waals surface area (Å²) in [5, 5.41) is 3.09. The highest BCUT2D eigenvalue weighted by atomic mass is 127. The highest BCUT2D eigenvalue weighted by molar-refractivity contribution is 14.1. The summed E-state index contributed by atoms with van der Waals surface area (Å²) in [5.41, 5.74) is 2.69. The van der Waals surface area contributed by atoms with Crippen LogP contribution in [0, 0.1) is 29.6 Å². The van der Waals surface area contributed by atoms with Crippen molar-refractivity contribution in [3.63, 3.8) is 0 Å². The molecule has 4 heteroatoms. The standard InChI is InChI=1S/C16H23IN2O/c1-9-3-4-12(9)15-11(5-6-19-17)7-10(2)14-13(15)8-18-16(14)20/h7,11-15,19H,1,3-6,8H2,2H3,(H,18,20)/t11-,12?,13+,14+,15+/m0/s1. The Kier molecular flexibility index (Phi) is 4.22. The normalized spacial score (nSPS) is 39.9. The zero-order valence-electron chi connectivity index (χ0n) is 12.0. The number of carbonyl (C=O) groups excluding carboxylic acids is 1. The Balaban J connectivity index is 1.89. The van der Waals surface area contributed by atoms with Gasteiger partial charge in [-0.25, -0.2) is 0 Å². The second kappa shape index (κ2) is 5.79. The van der Waals surface area contributed by atoms with Gasteiger partial charge in [0.15, 0.2) is 0 Å². The maximum Gasteiger partial charge on any atom is 0.227 e. The summed E-state index contributed by atoms with van der Waals surface area (Å²) in [6.45, 7) is 8.27. The highest BCUT2D eigenvalue weighted by Crippen LogP contribution is 2.52. The summed E-state index contributed by atoms with van der Waals surface area (Å²) in [5.74, 6) is 2.68. The third kappa shape index (κ3) is 2.34. The van der Waals surface area contributed by atoms with Crippen LogP contribution in [0.2, 0.25) is 0 Å². The first-order valence-corrected chi connectivity index (χ1v) is 8.68. The van der Waals surface area contributed by atoms with E-state index in [1.807, 2.05) is 0 Å². The molecule has 1 saturated heterocycles. The van der Waals surface area contributed by atoms with Crippen LogP contribution in [0.25, 0.3) is 0 Å². The minimum absolute atomic E-state index is 0.122. The molecule has 1 aliphatic heterocycles. The van der Waals surface area contributed by atoms with Gasteiger partial charge >= 0.3 is 0 Å². The van der Waals surface area contributed by atoms with Crippen molar-refractivity contribution in [3.05, 3.63) is 23.8 Å². The van der Waals surface area contributed by atoms with Gasteiger partial charge in [0.2, 0.25) is 5.91 Å². The van der Waals surface area contributed by atoms with Crippen LogP contribution < -0.4 is 8.85 Å². The van der Waals surface area contributed by atoms with Crippen molar-refractivity contribution in [1.29, 1.82) is 0 Å². The van der Waals surface area contributed by atoms with E-state index in [1.165, 1.54) is 24.0 Å². The first-order chi connectivity index (χ1) is 9.63. The monoisotopic (exact) mass is 386 g/mol. The van der Waals surface area contributed by atoms with Gasteiger partial charge in [0, 0.05) is 36.0 Å². The average Bonchev–Trinajstić information content (AvgIpc) is 2.80. The number of allylic oxidation sites excluding steroid dienone is 2. The number of fused-ring (bicyclic) bond motifs is 1. The lowest BCUT2D eigenvalue weighted by Crippen LogP contribution is -2.42. The number of carbonyl (C=O) groups is 1. The Morgan fingerprint density at radius 1 is 1.55 bits per heavy atom. The molecular weight excluding hydrogens is 363 g/mol. The molecule has 2 N–H and O–H groups in total. The quantitative estimate of drug-likeness (QED) is 0.443. The topological polar surface area (TPSA) is 41.1 Å². The summed E-state index contributed by atoms with van der Waals surface area (Å²) < 4.78 is 3.24. The molecule has 0 radical (unpaired) electrons. The maximum absolute atomic E-state index is 12.1. The van der Waals surface area contributed by atoms with Gasteiger partial charge in [0.1, 0.15) is 0 Å². The molecule has 0 bridgehead atoms. The van der Waals surface area contributed by atoms with Gasteiger partial charge < -0.3 is 5.32 Å². The molecule has 5 atom stereocenters. The van der Waals surface area contributed by atoms with Crippen molar-refractivity contribution in [2.24, 2.45) is 29.6 Å². The van der Waals surface area contributed by atoms with Crippen molar-refractivity contribution in [2.75, 3.05) is 13.1 Å². The van der Waals surface area contributed by atoms with Crippen LogP contribution in [0.4, 0.5) is 0 Å². The van der Waals surface area contributed by atoms with E-state index < -0.39 is 0 Å². The number of rotatable bonds is 4. The van der Waals surface area contributed by atoms with E-state index in [4.69, 9.17) is 0 Å². The number of hydrogen-bond donors (Lipinski definition) is 2. The largest absolute Gasteiger partial charge is 0.355 e. The molecule has 2 aliphatic carbocycles. The lowest BCUT2D eigenvalue weighted by atomic mass is 9.57. The second-order valence-electron chi connectivity index (χ2n) is 6.51. The number of hydrogen-bond acceptors (Lipinski definition) is 2. The van der Waals surface area contributed by atoms with E-state index >= 15 is 0 Å². The molecule has 1 amide bonds. The zero-order valence-corrected chi connectivity index (χ0v) is 14.2. The van der Waals surface area contributed by atoms with Crippen LogP contribution in [0.5, 0.6) is 0 Å². The van der Waals surface area contributed by atoms with Crippen LogP contribution in [-0.2, 0) is 4.79 Å². The van der Waals surface area contributed by atoms with Gasteiger partial charge in [-0.2, -0.15) is 0 Å². The van der Waals surface area contributed by atoms with Crippen LogP contribution in [0.3, 0.4) is 0 Å². The number of nitrogens with one attached hydrogen (secondary N) is 2. The minimum Gasteiger partial charge on any atom is -0.355 e. The van der Waals surface area contributed by atoms with Crippen LogP contribution >= 0.6 is 22.9 Å². The van der Waals surface area contributed by atoms with Crippen molar-refractivity contribution < 1.29 is 4.79 Å². The zero-order chi connectivity index (χ0) is 14.3. The lowest BCUT2D eigenvalue weighted by Gasteiger charge is -2.46. The Labute approximate surface area is 135 Å². The van der Waals surface area contributed by atoms with Crippen molar-refractivity contribution >= 4 is 28.8 Å². The van der Waals surface area contributed by atoms with Crippen molar-refractivity contribution in [3.8, 4) is 0 Å². The third-order valence-corrected chi connectivity index (χ3v) is 6.06. The Morgan fingerprint density at radius 2 is 2.35 bits per heavy atom. The fraction of sp³-hybridized carbons (Fsp3) is 0.688. The second-order valence-corrected chi connectivity index (χ2v) is 7.28. The van der Waals surface area contributed by atoms with Crippen molar-refractivity contribution in [2.45, 2.75) is 26.2 Å². The van der Waals surface area contributed by atoms with Crippen LogP contribution in [0.1, 0.15) is 26.2 Å². The Morgan fingerprint density at radius 3 is 2.95 bits per heavy atom. The molecule has 3 aliphatic rings. The Hall–Kier alpha value is -0.360. The van der Waals surface area contributed by atoms with Gasteiger partial charge in [-0.05, 0) is 49.9 Å². The Bertz CT molecular complexity index is 459. The van der Waals surface area contributed by atoms with Crippen LogP contribution in [0.15, 0.2) is 23.8 Å². The van der Waals surface area contributed by atoms with E-state index in [9.17, 15) is 4.79 Å². The SMILES string of the molecule is C=C1CCC1[C@@H]1[C@@H]2CNC(=O)[C@@H]2C(C)=C[C@@H]1CCNI. The molecule has 20 heavy (non-hydrogen) atoms. The molecule has 110 valence electrons. The maximum atomic E-state index is 12.1. The fourth-order valence-electron chi connectivity index (χ4n) is 4.49. The molecule has 1 heterocycles. The van der Waals surface area contributed by atoms with Gasteiger partial charge in [0.05, 0.1) is 5.92 Å². The summed E-state index contributed by atoms with van der Waals surface area (Å²) >= 11 is 2.22. The van der Waals surface area contributed by atoms with Crippen LogP contribution in [-0.4, -0.2) is 19.0 Å². The van der Waals surface area contributed by atoms with E-state index in [2.05, 4.69) is 51.3 Å². The molecule has 2 fully saturated rings. The molecule has 0 aromatic carbocycles. The molecule has 3 rings (SSSR count). The number of amides is 1. The predicted octanol–water partition coefficient (Wildman–Crippen LogP) is 2.84.